The minimum absolute atomic E-state index is 0.0764. The van der Waals surface area contributed by atoms with Gasteiger partial charge in [0.05, 0.1) is 7.11 Å². The van der Waals surface area contributed by atoms with Crippen LogP contribution in [0.2, 0.25) is 0 Å². The van der Waals surface area contributed by atoms with Gasteiger partial charge in [0, 0.05) is 50.7 Å². The molecule has 0 spiro atoms. The van der Waals surface area contributed by atoms with Crippen LogP contribution in [0.4, 0.5) is 0 Å². The van der Waals surface area contributed by atoms with Crippen LogP contribution in [0.15, 0.2) is 48.8 Å². The Morgan fingerprint density at radius 2 is 1.62 bits per heavy atom. The number of amides is 1. The zero-order valence-corrected chi connectivity index (χ0v) is 16.0. The van der Waals surface area contributed by atoms with Crippen molar-refractivity contribution in [3.63, 3.8) is 0 Å². The van der Waals surface area contributed by atoms with Gasteiger partial charge in [-0.3, -0.25) is 14.7 Å². The second-order valence-electron chi connectivity index (χ2n) is 6.27. The molecule has 1 fully saturated rings. The number of aromatic nitrogens is 1. The fraction of sp³-hybridized carbons (Fsp3) is 0.300. The van der Waals surface area contributed by atoms with Crippen molar-refractivity contribution >= 4 is 17.8 Å². The van der Waals surface area contributed by atoms with Crippen molar-refractivity contribution in [3.05, 3.63) is 59.9 Å². The maximum absolute atomic E-state index is 12.6. The van der Waals surface area contributed by atoms with Gasteiger partial charge in [0.15, 0.2) is 0 Å². The normalized spacial score (nSPS) is 13.8. The summed E-state index contributed by atoms with van der Waals surface area (Å²) in [7, 11) is 1.61. The molecule has 2 heterocycles. The number of carbonyl (C=O) groups excluding carboxylic acids is 1. The van der Waals surface area contributed by atoms with Crippen molar-refractivity contribution in [2.24, 2.45) is 0 Å². The summed E-state index contributed by atoms with van der Waals surface area (Å²) in [6.45, 7) is 4.18. The summed E-state index contributed by atoms with van der Waals surface area (Å²) in [5.41, 5.74) is 1.94. The van der Waals surface area contributed by atoms with Crippen molar-refractivity contribution in [2.75, 3.05) is 33.3 Å². The molecule has 9 heteroatoms. The number of hydrogen-bond acceptors (Lipinski definition) is 6. The molecule has 1 saturated heterocycles. The summed E-state index contributed by atoms with van der Waals surface area (Å²) in [4.78, 5) is 39.1. The van der Waals surface area contributed by atoms with Crippen LogP contribution in [0.3, 0.4) is 0 Å². The standard InChI is InChI=1S/C18H21N3O2.C2H2O4/c1-23-17-4-2-3-16(13-17)18(22)21-11-9-20(10-12-21)14-15-5-7-19-8-6-15;3-1(4)2(5)6/h2-8,13H,9-12,14H2,1H3;(H,3,4)(H,5,6). The van der Waals surface area contributed by atoms with Gasteiger partial charge in [0.2, 0.25) is 0 Å². The van der Waals surface area contributed by atoms with E-state index in [1.807, 2.05) is 47.6 Å². The van der Waals surface area contributed by atoms with Gasteiger partial charge in [0.25, 0.3) is 5.91 Å². The highest BCUT2D eigenvalue weighted by molar-refractivity contribution is 6.27. The van der Waals surface area contributed by atoms with Crippen LogP contribution >= 0.6 is 0 Å². The highest BCUT2D eigenvalue weighted by Gasteiger charge is 2.22. The number of ether oxygens (including phenoxy) is 1. The van der Waals surface area contributed by atoms with E-state index in [-0.39, 0.29) is 5.91 Å². The Morgan fingerprint density at radius 3 is 2.17 bits per heavy atom. The first-order chi connectivity index (χ1) is 13.9. The van der Waals surface area contributed by atoms with Gasteiger partial charge in [-0.15, -0.1) is 0 Å². The Bertz CT molecular complexity index is 823. The second-order valence-corrected chi connectivity index (χ2v) is 6.27. The van der Waals surface area contributed by atoms with E-state index in [0.29, 0.717) is 11.3 Å². The van der Waals surface area contributed by atoms with E-state index in [9.17, 15) is 4.79 Å². The number of pyridine rings is 1. The van der Waals surface area contributed by atoms with E-state index in [1.54, 1.807) is 13.2 Å². The quantitative estimate of drug-likeness (QED) is 0.734. The number of carbonyl (C=O) groups is 3. The topological polar surface area (TPSA) is 120 Å². The lowest BCUT2D eigenvalue weighted by molar-refractivity contribution is -0.159. The summed E-state index contributed by atoms with van der Waals surface area (Å²) in [6.07, 6.45) is 3.63. The number of hydrogen-bond donors (Lipinski definition) is 2. The van der Waals surface area contributed by atoms with E-state index in [1.165, 1.54) is 5.56 Å². The molecule has 154 valence electrons. The van der Waals surface area contributed by atoms with E-state index in [2.05, 4.69) is 9.88 Å². The molecule has 1 aliphatic rings. The number of piperazine rings is 1. The molecule has 0 radical (unpaired) electrons. The SMILES string of the molecule is COc1cccc(C(=O)N2CCN(Cc3ccncc3)CC2)c1.O=C(O)C(=O)O. The molecule has 1 aromatic heterocycles. The van der Waals surface area contributed by atoms with Crippen LogP contribution in [-0.4, -0.2) is 76.1 Å². The monoisotopic (exact) mass is 401 g/mol. The van der Waals surface area contributed by atoms with Crippen LogP contribution in [0.1, 0.15) is 15.9 Å². The summed E-state index contributed by atoms with van der Waals surface area (Å²) < 4.78 is 5.19. The van der Waals surface area contributed by atoms with Gasteiger partial charge in [-0.1, -0.05) is 6.07 Å². The van der Waals surface area contributed by atoms with E-state index >= 15 is 0 Å². The minimum atomic E-state index is -1.82. The summed E-state index contributed by atoms with van der Waals surface area (Å²) in [5.74, 6) is -2.86. The molecule has 29 heavy (non-hydrogen) atoms. The smallest absolute Gasteiger partial charge is 0.414 e. The highest BCUT2D eigenvalue weighted by Crippen LogP contribution is 2.16. The molecular formula is C20H23N3O6. The lowest BCUT2D eigenvalue weighted by atomic mass is 10.1. The second kappa shape index (κ2) is 10.8. The number of rotatable bonds is 4. The molecule has 2 aromatic rings. The first kappa shape index (κ1) is 21.8. The van der Waals surface area contributed by atoms with Gasteiger partial charge >= 0.3 is 11.9 Å². The third kappa shape index (κ3) is 6.89. The molecule has 0 saturated carbocycles. The maximum atomic E-state index is 12.6. The Balaban J connectivity index is 0.000000438. The fourth-order valence-electron chi connectivity index (χ4n) is 2.79. The average molecular weight is 401 g/mol. The molecule has 3 rings (SSSR count). The third-order valence-electron chi connectivity index (χ3n) is 4.31. The Labute approximate surface area is 168 Å². The lowest BCUT2D eigenvalue weighted by Crippen LogP contribution is -2.48. The highest BCUT2D eigenvalue weighted by atomic mass is 16.5. The maximum Gasteiger partial charge on any atom is 0.414 e. The van der Waals surface area contributed by atoms with Crippen molar-refractivity contribution in [1.82, 2.24) is 14.8 Å². The van der Waals surface area contributed by atoms with Gasteiger partial charge < -0.3 is 19.8 Å². The number of carboxylic acids is 2. The third-order valence-corrected chi connectivity index (χ3v) is 4.31. The molecule has 1 aromatic carbocycles. The summed E-state index contributed by atoms with van der Waals surface area (Å²) in [5, 5.41) is 14.8. The van der Waals surface area contributed by atoms with Crippen LogP contribution in [0, 0.1) is 0 Å². The van der Waals surface area contributed by atoms with Gasteiger partial charge in [-0.25, -0.2) is 9.59 Å². The number of aliphatic carboxylic acids is 2. The first-order valence-electron chi connectivity index (χ1n) is 8.91. The van der Waals surface area contributed by atoms with Crippen molar-refractivity contribution < 1.29 is 29.3 Å². The van der Waals surface area contributed by atoms with Crippen molar-refractivity contribution in [2.45, 2.75) is 6.54 Å². The van der Waals surface area contributed by atoms with Gasteiger partial charge in [0.1, 0.15) is 5.75 Å². The predicted octanol–water partition coefficient (Wildman–Crippen LogP) is 1.20. The number of benzene rings is 1. The molecular weight excluding hydrogens is 378 g/mol. The first-order valence-corrected chi connectivity index (χ1v) is 8.91. The zero-order valence-electron chi connectivity index (χ0n) is 16.0. The van der Waals surface area contributed by atoms with Gasteiger partial charge in [-0.05, 0) is 35.9 Å². The van der Waals surface area contributed by atoms with Crippen LogP contribution < -0.4 is 4.74 Å². The van der Waals surface area contributed by atoms with E-state index in [4.69, 9.17) is 24.5 Å². The molecule has 0 atom stereocenters. The van der Waals surface area contributed by atoms with Crippen molar-refractivity contribution in [1.29, 1.82) is 0 Å². The Hall–Kier alpha value is -3.46. The van der Waals surface area contributed by atoms with Crippen molar-refractivity contribution in [3.8, 4) is 5.75 Å². The van der Waals surface area contributed by atoms with E-state index in [0.717, 1.165) is 32.7 Å². The lowest BCUT2D eigenvalue weighted by Gasteiger charge is -2.34. The zero-order chi connectivity index (χ0) is 21.2. The van der Waals surface area contributed by atoms with Crippen LogP contribution in [0.5, 0.6) is 5.75 Å². The largest absolute Gasteiger partial charge is 0.497 e. The molecule has 9 nitrogen and oxygen atoms in total. The number of carboxylic acid groups (broad SMARTS) is 2. The Morgan fingerprint density at radius 1 is 1.00 bits per heavy atom. The number of nitrogens with zero attached hydrogens (tertiary/aromatic N) is 3. The minimum Gasteiger partial charge on any atom is -0.497 e. The molecule has 1 amide bonds. The van der Waals surface area contributed by atoms with Gasteiger partial charge in [-0.2, -0.15) is 0 Å². The molecule has 1 aliphatic heterocycles. The molecule has 0 bridgehead atoms. The van der Waals surface area contributed by atoms with E-state index < -0.39 is 11.9 Å². The Kier molecular flexibility index (Phi) is 8.11. The fourth-order valence-corrected chi connectivity index (χ4v) is 2.79. The van der Waals surface area contributed by atoms with Crippen LogP contribution in [0.25, 0.3) is 0 Å². The molecule has 0 aliphatic carbocycles. The van der Waals surface area contributed by atoms with Crippen LogP contribution in [-0.2, 0) is 16.1 Å². The number of methoxy groups -OCH3 is 1. The molecule has 0 unspecified atom stereocenters. The summed E-state index contributed by atoms with van der Waals surface area (Å²) in [6, 6.07) is 11.4. The molecule has 2 N–H and O–H groups in total. The predicted molar refractivity (Wildman–Crippen MR) is 104 cm³/mol. The average Bonchev–Trinajstić information content (AvgIpc) is 2.75. The summed E-state index contributed by atoms with van der Waals surface area (Å²) >= 11 is 0.